The minimum Gasteiger partial charge on any atom is -0.353 e. The molecule has 70 valence electrons. The summed E-state index contributed by atoms with van der Waals surface area (Å²) in [5.74, 6) is 0. The molecule has 0 aliphatic carbocycles. The van der Waals surface area contributed by atoms with Gasteiger partial charge in [0.2, 0.25) is 0 Å². The van der Waals surface area contributed by atoms with Gasteiger partial charge in [0.15, 0.2) is 0 Å². The van der Waals surface area contributed by atoms with Crippen molar-refractivity contribution in [1.29, 1.82) is 0 Å². The lowest BCUT2D eigenvalue weighted by Crippen LogP contribution is -2.08. The van der Waals surface area contributed by atoms with Gasteiger partial charge in [0, 0.05) is 11.1 Å². The first-order valence-electron chi connectivity index (χ1n) is 3.86. The Balaban J connectivity index is 0.000000845. The Bertz CT molecular complexity index is 318. The number of nitrogens with one attached hydrogen (secondary N) is 1. The lowest BCUT2D eigenvalue weighted by atomic mass is 10.1. The van der Waals surface area contributed by atoms with Gasteiger partial charge in [-0.3, -0.25) is 4.99 Å². The average molecular weight is 215 g/mol. The Labute approximate surface area is 87.8 Å². The summed E-state index contributed by atoms with van der Waals surface area (Å²) in [5.41, 5.74) is 1.31. The lowest BCUT2D eigenvalue weighted by molar-refractivity contribution is 0.882. The van der Waals surface area contributed by atoms with Gasteiger partial charge in [-0.15, -0.1) is 23.7 Å². The molecule has 0 aromatic carbocycles. The van der Waals surface area contributed by atoms with Crippen molar-refractivity contribution >= 4 is 30.1 Å². The van der Waals surface area contributed by atoms with Crippen molar-refractivity contribution in [1.82, 2.24) is 5.32 Å². The third-order valence-electron chi connectivity index (χ3n) is 1.90. The summed E-state index contributed by atoms with van der Waals surface area (Å²) >= 11 is 1.77. The van der Waals surface area contributed by atoms with Crippen LogP contribution in [0.3, 0.4) is 0 Å². The molecule has 1 unspecified atom stereocenters. The van der Waals surface area contributed by atoms with Crippen molar-refractivity contribution in [2.75, 3.05) is 0 Å². The number of rotatable bonds is 1. The van der Waals surface area contributed by atoms with Gasteiger partial charge in [-0.05, 0) is 30.0 Å². The van der Waals surface area contributed by atoms with E-state index in [1.807, 2.05) is 6.20 Å². The summed E-state index contributed by atoms with van der Waals surface area (Å²) in [6, 6.07) is 2.36. The highest BCUT2D eigenvalue weighted by atomic mass is 35.5. The van der Waals surface area contributed by atoms with Crippen LogP contribution in [0.2, 0.25) is 0 Å². The van der Waals surface area contributed by atoms with E-state index in [0.29, 0.717) is 0 Å². The highest BCUT2D eigenvalue weighted by Gasteiger charge is 2.10. The SMILES string of the molecule is Cc1sccc1C1C=CNC=N1.Cl. The molecule has 1 aromatic rings. The van der Waals surface area contributed by atoms with Gasteiger partial charge in [0.1, 0.15) is 0 Å². The fraction of sp³-hybridized carbons (Fsp3) is 0.222. The maximum atomic E-state index is 4.32. The van der Waals surface area contributed by atoms with Crippen LogP contribution in [0.1, 0.15) is 16.5 Å². The highest BCUT2D eigenvalue weighted by molar-refractivity contribution is 7.10. The molecule has 1 aliphatic rings. The second kappa shape index (κ2) is 4.44. The van der Waals surface area contributed by atoms with Gasteiger partial charge >= 0.3 is 0 Å². The van der Waals surface area contributed by atoms with E-state index in [2.05, 4.69) is 34.8 Å². The van der Waals surface area contributed by atoms with Crippen molar-refractivity contribution in [2.24, 2.45) is 4.99 Å². The number of nitrogens with zero attached hydrogens (tertiary/aromatic N) is 1. The van der Waals surface area contributed by atoms with Crippen molar-refractivity contribution < 1.29 is 0 Å². The van der Waals surface area contributed by atoms with Crippen LogP contribution in [0.4, 0.5) is 0 Å². The van der Waals surface area contributed by atoms with E-state index >= 15 is 0 Å². The van der Waals surface area contributed by atoms with Gasteiger partial charge in [-0.1, -0.05) is 0 Å². The van der Waals surface area contributed by atoms with E-state index in [9.17, 15) is 0 Å². The van der Waals surface area contributed by atoms with Crippen LogP contribution in [0, 0.1) is 6.92 Å². The van der Waals surface area contributed by atoms with Crippen molar-refractivity contribution in [2.45, 2.75) is 13.0 Å². The summed E-state index contributed by atoms with van der Waals surface area (Å²) in [4.78, 5) is 5.67. The zero-order valence-electron chi connectivity index (χ0n) is 7.23. The maximum Gasteiger partial charge on any atom is 0.0975 e. The predicted molar refractivity (Wildman–Crippen MR) is 59.8 cm³/mol. The molecule has 0 fully saturated rings. The number of aliphatic imine (C=N–C) groups is 1. The number of halogens is 1. The summed E-state index contributed by atoms with van der Waals surface area (Å²) in [6.07, 6.45) is 5.73. The van der Waals surface area contributed by atoms with Crippen LogP contribution in [0.5, 0.6) is 0 Å². The van der Waals surface area contributed by atoms with Crippen LogP contribution in [0.15, 0.2) is 28.7 Å². The zero-order valence-corrected chi connectivity index (χ0v) is 8.86. The van der Waals surface area contributed by atoms with Gasteiger partial charge < -0.3 is 5.32 Å². The van der Waals surface area contributed by atoms with E-state index in [4.69, 9.17) is 0 Å². The lowest BCUT2D eigenvalue weighted by Gasteiger charge is -2.10. The minimum atomic E-state index is 0. The second-order valence-corrected chi connectivity index (χ2v) is 3.80. The molecule has 2 nitrogen and oxygen atoms in total. The Morgan fingerprint density at radius 2 is 2.38 bits per heavy atom. The summed E-state index contributed by atoms with van der Waals surface area (Å²) in [6.45, 7) is 2.13. The van der Waals surface area contributed by atoms with E-state index in [0.717, 1.165) is 0 Å². The molecule has 1 aliphatic heterocycles. The van der Waals surface area contributed by atoms with E-state index in [-0.39, 0.29) is 18.4 Å². The van der Waals surface area contributed by atoms with Gasteiger partial charge in [0.05, 0.1) is 12.4 Å². The molecule has 1 aromatic heterocycles. The summed E-state index contributed by atoms with van der Waals surface area (Å²) in [5, 5.41) is 5.03. The maximum absolute atomic E-state index is 4.32. The molecule has 0 bridgehead atoms. The van der Waals surface area contributed by atoms with Crippen LogP contribution < -0.4 is 5.32 Å². The van der Waals surface area contributed by atoms with Crippen LogP contribution >= 0.6 is 23.7 Å². The molecule has 0 saturated heterocycles. The summed E-state index contributed by atoms with van der Waals surface area (Å²) < 4.78 is 0. The third-order valence-corrected chi connectivity index (χ3v) is 2.76. The Kier molecular flexibility index (Phi) is 3.51. The van der Waals surface area contributed by atoms with E-state index < -0.39 is 0 Å². The predicted octanol–water partition coefficient (Wildman–Crippen LogP) is 2.66. The Hall–Kier alpha value is -0.800. The number of hydrogen-bond donors (Lipinski definition) is 1. The number of thiophene rings is 1. The molecule has 13 heavy (non-hydrogen) atoms. The topological polar surface area (TPSA) is 24.4 Å². The standard InChI is InChI=1S/C9H10N2S.ClH/c1-7-8(3-5-12-7)9-2-4-10-6-11-9;/h2-6,9H,1H3,(H,10,11);1H. The second-order valence-electron chi connectivity index (χ2n) is 2.68. The van der Waals surface area contributed by atoms with Crippen molar-refractivity contribution in [3.8, 4) is 0 Å². The molecule has 1 N–H and O–H groups in total. The molecule has 0 radical (unpaired) electrons. The highest BCUT2D eigenvalue weighted by Crippen LogP contribution is 2.26. The molecule has 2 rings (SSSR count). The summed E-state index contributed by atoms with van der Waals surface area (Å²) in [7, 11) is 0. The first-order chi connectivity index (χ1) is 5.88. The average Bonchev–Trinajstić information content (AvgIpc) is 2.53. The zero-order chi connectivity index (χ0) is 8.39. The van der Waals surface area contributed by atoms with Crippen LogP contribution in [-0.4, -0.2) is 6.34 Å². The van der Waals surface area contributed by atoms with Crippen molar-refractivity contribution in [3.05, 3.63) is 34.2 Å². The minimum absolute atomic E-state index is 0. The molecular weight excluding hydrogens is 204 g/mol. The molecular formula is C9H11ClN2S. The molecule has 0 amide bonds. The quantitative estimate of drug-likeness (QED) is 0.764. The van der Waals surface area contributed by atoms with Gasteiger partial charge in [-0.25, -0.2) is 0 Å². The number of hydrogen-bond acceptors (Lipinski definition) is 3. The smallest absolute Gasteiger partial charge is 0.0975 e. The van der Waals surface area contributed by atoms with Crippen LogP contribution in [0.25, 0.3) is 0 Å². The van der Waals surface area contributed by atoms with Crippen LogP contribution in [-0.2, 0) is 0 Å². The Morgan fingerprint density at radius 3 is 2.92 bits per heavy atom. The fourth-order valence-electron chi connectivity index (χ4n) is 1.25. The van der Waals surface area contributed by atoms with E-state index in [1.165, 1.54) is 10.4 Å². The largest absolute Gasteiger partial charge is 0.353 e. The first kappa shape index (κ1) is 10.3. The molecule has 0 saturated carbocycles. The fourth-order valence-corrected chi connectivity index (χ4v) is 1.99. The van der Waals surface area contributed by atoms with Gasteiger partial charge in [-0.2, -0.15) is 0 Å². The molecule has 4 heteroatoms. The van der Waals surface area contributed by atoms with Crippen molar-refractivity contribution in [3.63, 3.8) is 0 Å². The monoisotopic (exact) mass is 214 g/mol. The Morgan fingerprint density at radius 1 is 1.54 bits per heavy atom. The normalized spacial score (nSPS) is 19.3. The molecule has 0 spiro atoms. The van der Waals surface area contributed by atoms with Gasteiger partial charge in [0.25, 0.3) is 0 Å². The number of aryl methyl sites for hydroxylation is 1. The third kappa shape index (κ3) is 2.11. The molecule has 1 atom stereocenters. The van der Waals surface area contributed by atoms with E-state index in [1.54, 1.807) is 17.7 Å². The first-order valence-corrected chi connectivity index (χ1v) is 4.74. The molecule has 2 heterocycles.